The van der Waals surface area contributed by atoms with Crippen LogP contribution in [0.4, 0.5) is 0 Å². The highest BCUT2D eigenvalue weighted by molar-refractivity contribution is 9.39. The molecule has 0 aliphatic heterocycles. The van der Waals surface area contributed by atoms with Crippen LogP contribution in [0.3, 0.4) is 0 Å². The van der Waals surface area contributed by atoms with E-state index in [9.17, 15) is 4.79 Å². The van der Waals surface area contributed by atoms with E-state index in [0.29, 0.717) is 0 Å². The van der Waals surface area contributed by atoms with Gasteiger partial charge in [0.05, 0.1) is 11.5 Å². The third-order valence-electron chi connectivity index (χ3n) is 4.87. The first-order chi connectivity index (χ1) is 13.3. The number of halogens is 4. The molecule has 0 saturated heterocycles. The van der Waals surface area contributed by atoms with Gasteiger partial charge in [0.25, 0.3) is 0 Å². The maximum absolute atomic E-state index is 12.9. The van der Waals surface area contributed by atoms with E-state index in [1.165, 1.54) is 0 Å². The summed E-state index contributed by atoms with van der Waals surface area (Å²) in [4.78, 5) is 12.9. The van der Waals surface area contributed by atoms with E-state index in [1.807, 2.05) is 24.3 Å². The third kappa shape index (κ3) is 10.8. The largest absolute Gasteiger partial charge is 0.462 e. The van der Waals surface area contributed by atoms with Crippen LogP contribution in [0.1, 0.15) is 57.4 Å². The number of ether oxygens (including phenoxy) is 1. The summed E-state index contributed by atoms with van der Waals surface area (Å²) in [6.07, 6.45) is 4.56. The average molecular weight is 680 g/mol. The smallest absolute Gasteiger partial charge is 0.313 e. The van der Waals surface area contributed by atoms with Crippen LogP contribution in [-0.4, -0.2) is 28.6 Å². The Labute approximate surface area is 210 Å². The zero-order valence-corrected chi connectivity index (χ0v) is 25.2. The second-order valence-corrected chi connectivity index (χ2v) is 20.9. The van der Waals surface area contributed by atoms with Gasteiger partial charge in [0, 0.05) is 4.47 Å². The van der Waals surface area contributed by atoms with Gasteiger partial charge in [-0.3, -0.25) is 4.79 Å². The molecular weight excluding hydrogens is 648 g/mol. The van der Waals surface area contributed by atoms with Crippen LogP contribution in [-0.2, 0) is 14.0 Å². The molecule has 0 saturated carbocycles. The molecule has 0 aliphatic rings. The van der Waals surface area contributed by atoms with Crippen LogP contribution in [0.2, 0.25) is 19.6 Å². The minimum atomic E-state index is -1.65. The van der Waals surface area contributed by atoms with Crippen LogP contribution in [0.5, 0.6) is 0 Å². The third-order valence-corrected chi connectivity index (χ3v) is 7.13. The summed E-state index contributed by atoms with van der Waals surface area (Å²) in [5.74, 6) is -0.504. The molecule has 0 aromatic heterocycles. The van der Waals surface area contributed by atoms with Crippen molar-refractivity contribution in [1.29, 1.82) is 0 Å². The van der Waals surface area contributed by atoms with Crippen LogP contribution in [0.25, 0.3) is 0 Å². The molecule has 0 bridgehead atoms. The first kappa shape index (κ1) is 27.8. The van der Waals surface area contributed by atoms with E-state index >= 15 is 0 Å². The summed E-state index contributed by atoms with van der Waals surface area (Å²) in [5, 5.41) is 0. The lowest BCUT2D eigenvalue weighted by Gasteiger charge is -2.38. The molecule has 29 heavy (non-hydrogen) atoms. The van der Waals surface area contributed by atoms with Crippen molar-refractivity contribution in [2.24, 2.45) is 0 Å². The Kier molecular flexibility index (Phi) is 11.6. The highest BCUT2D eigenvalue weighted by Crippen LogP contribution is 2.36. The van der Waals surface area contributed by atoms with Crippen LogP contribution in [0.15, 0.2) is 28.7 Å². The van der Waals surface area contributed by atoms with Crippen molar-refractivity contribution in [2.45, 2.75) is 79.3 Å². The summed E-state index contributed by atoms with van der Waals surface area (Å²) in [6.45, 7) is 11.3. The van der Waals surface area contributed by atoms with Gasteiger partial charge < -0.3 is 9.16 Å². The highest BCUT2D eigenvalue weighted by atomic mass is 80.0. The lowest BCUT2D eigenvalue weighted by molar-refractivity contribution is -0.145. The molecule has 1 aromatic carbocycles. The molecule has 0 N–H and O–H groups in total. The monoisotopic (exact) mass is 676 g/mol. The summed E-state index contributed by atoms with van der Waals surface area (Å²) in [5.41, 5.74) is 0.877. The standard InChI is InChI=1S/C21H32Br4O3Si/c1-6-20(7-2,28-29(3,4)5)14-8-9-18(16-10-12-17(22)13-11-16)19(26)27-15-21(23,24)25/h10-13,18H,6-9,14-15H2,1-5H3/t18-/m0/s1. The zero-order chi connectivity index (χ0) is 22.3. The van der Waals surface area contributed by atoms with E-state index in [-0.39, 0.29) is 24.1 Å². The lowest BCUT2D eigenvalue weighted by atomic mass is 9.87. The fourth-order valence-corrected chi connectivity index (χ4v) is 5.74. The number of carbonyl (C=O) groups is 1. The minimum absolute atomic E-state index is 0.102. The normalized spacial score (nSPS) is 14.0. The average Bonchev–Trinajstić information content (AvgIpc) is 2.62. The number of benzene rings is 1. The van der Waals surface area contributed by atoms with Gasteiger partial charge >= 0.3 is 5.97 Å². The Morgan fingerprint density at radius 2 is 1.62 bits per heavy atom. The molecular formula is C21H32Br4O3Si. The predicted molar refractivity (Wildman–Crippen MR) is 139 cm³/mol. The predicted octanol–water partition coefficient (Wildman–Crippen LogP) is 8.50. The zero-order valence-electron chi connectivity index (χ0n) is 17.9. The quantitative estimate of drug-likeness (QED) is 0.134. The molecule has 0 unspecified atom stereocenters. The molecule has 3 nitrogen and oxygen atoms in total. The van der Waals surface area contributed by atoms with Crippen molar-refractivity contribution in [1.82, 2.24) is 0 Å². The Morgan fingerprint density at radius 1 is 1.07 bits per heavy atom. The fraction of sp³-hybridized carbons (Fsp3) is 0.667. The molecule has 0 radical (unpaired) electrons. The van der Waals surface area contributed by atoms with Crippen LogP contribution >= 0.6 is 63.7 Å². The van der Waals surface area contributed by atoms with Gasteiger partial charge in [-0.2, -0.15) is 0 Å². The number of rotatable bonds is 11. The SMILES string of the molecule is CCC(CC)(CCC[C@H](C(=O)OCC(Br)(Br)Br)c1ccc(Br)cc1)O[Si](C)(C)C. The van der Waals surface area contributed by atoms with Crippen LogP contribution < -0.4 is 0 Å². The molecule has 0 amide bonds. The Bertz CT molecular complexity index is 635. The van der Waals surface area contributed by atoms with Crippen molar-refractivity contribution in [2.75, 3.05) is 6.61 Å². The van der Waals surface area contributed by atoms with E-state index in [2.05, 4.69) is 97.2 Å². The number of esters is 1. The van der Waals surface area contributed by atoms with E-state index in [0.717, 1.165) is 42.1 Å². The van der Waals surface area contributed by atoms with E-state index in [4.69, 9.17) is 9.16 Å². The van der Waals surface area contributed by atoms with Gasteiger partial charge in [0.15, 0.2) is 10.5 Å². The summed E-state index contributed by atoms with van der Waals surface area (Å²) >= 11 is 13.6. The Balaban J connectivity index is 2.91. The van der Waals surface area contributed by atoms with Gasteiger partial charge in [-0.1, -0.05) is 89.7 Å². The molecule has 1 atom stereocenters. The second kappa shape index (κ2) is 12.1. The maximum Gasteiger partial charge on any atom is 0.313 e. The number of alkyl halides is 3. The van der Waals surface area contributed by atoms with Crippen molar-refractivity contribution < 1.29 is 14.0 Å². The topological polar surface area (TPSA) is 35.5 Å². The molecule has 1 aromatic rings. The number of carbonyl (C=O) groups excluding carboxylic acids is 1. The van der Waals surface area contributed by atoms with E-state index in [1.54, 1.807) is 0 Å². The number of hydrogen-bond acceptors (Lipinski definition) is 3. The Morgan fingerprint density at radius 3 is 2.07 bits per heavy atom. The molecule has 0 fully saturated rings. The number of hydrogen-bond donors (Lipinski definition) is 0. The minimum Gasteiger partial charge on any atom is -0.462 e. The van der Waals surface area contributed by atoms with Crippen molar-refractivity contribution >= 4 is 78.0 Å². The summed E-state index contributed by atoms with van der Waals surface area (Å²) < 4.78 is 12.5. The van der Waals surface area contributed by atoms with Gasteiger partial charge in [-0.15, -0.1) is 0 Å². The summed E-state index contributed by atoms with van der Waals surface area (Å²) in [7, 11) is -1.65. The lowest BCUT2D eigenvalue weighted by Crippen LogP contribution is -2.42. The van der Waals surface area contributed by atoms with Gasteiger partial charge in [-0.05, 0) is 69.4 Å². The molecule has 0 aliphatic carbocycles. The molecule has 0 spiro atoms. The van der Waals surface area contributed by atoms with Crippen molar-refractivity contribution in [3.63, 3.8) is 0 Å². The summed E-state index contributed by atoms with van der Waals surface area (Å²) in [6, 6.07) is 7.92. The first-order valence-electron chi connectivity index (χ1n) is 10.00. The van der Waals surface area contributed by atoms with Gasteiger partial charge in [0.1, 0.15) is 6.61 Å². The molecule has 8 heteroatoms. The fourth-order valence-electron chi connectivity index (χ4n) is 3.45. The van der Waals surface area contributed by atoms with Crippen molar-refractivity contribution in [3.05, 3.63) is 34.3 Å². The Hall–Kier alpha value is 0.787. The maximum atomic E-state index is 12.9. The molecule has 166 valence electrons. The van der Waals surface area contributed by atoms with E-state index < -0.39 is 10.5 Å². The van der Waals surface area contributed by atoms with Crippen molar-refractivity contribution in [3.8, 4) is 0 Å². The van der Waals surface area contributed by atoms with Gasteiger partial charge in [-0.25, -0.2) is 0 Å². The molecule has 1 rings (SSSR count). The second-order valence-electron chi connectivity index (χ2n) is 8.32. The first-order valence-corrected chi connectivity index (χ1v) is 16.6. The van der Waals surface area contributed by atoms with Crippen LogP contribution in [0, 0.1) is 0 Å². The highest BCUT2D eigenvalue weighted by Gasteiger charge is 2.33. The van der Waals surface area contributed by atoms with Gasteiger partial charge in [0.2, 0.25) is 0 Å². The molecule has 0 heterocycles.